The van der Waals surface area contributed by atoms with Crippen LogP contribution in [0.2, 0.25) is 0 Å². The van der Waals surface area contributed by atoms with Gasteiger partial charge in [-0.25, -0.2) is 4.79 Å². The van der Waals surface area contributed by atoms with E-state index in [9.17, 15) is 4.79 Å². The second-order valence-corrected chi connectivity index (χ2v) is 3.53. The fourth-order valence-corrected chi connectivity index (χ4v) is 1.38. The van der Waals surface area contributed by atoms with Crippen LogP contribution in [0.25, 0.3) is 0 Å². The molecule has 1 aromatic rings. The number of rotatable bonds is 5. The Kier molecular flexibility index (Phi) is 4.16. The number of benzene rings is 1. The molecule has 3 nitrogen and oxygen atoms in total. The molecule has 1 unspecified atom stereocenters. The standard InChI is InChI=1S/C12H16O3/c1-3-9(2)10-6-4-5-7-11(10)15-8-12(13)14/h4-7,9H,3,8H2,1-2H3,(H,13,14). The maximum Gasteiger partial charge on any atom is 0.341 e. The molecule has 1 rings (SSSR count). The Morgan fingerprint density at radius 1 is 1.47 bits per heavy atom. The van der Waals surface area contributed by atoms with Crippen LogP contribution in [0.1, 0.15) is 31.7 Å². The van der Waals surface area contributed by atoms with Gasteiger partial charge in [0.25, 0.3) is 0 Å². The first-order chi connectivity index (χ1) is 7.15. The van der Waals surface area contributed by atoms with Crippen LogP contribution in [0.5, 0.6) is 5.75 Å². The zero-order chi connectivity index (χ0) is 11.3. The van der Waals surface area contributed by atoms with Crippen molar-refractivity contribution in [1.29, 1.82) is 0 Å². The second kappa shape index (κ2) is 5.39. The van der Waals surface area contributed by atoms with Crippen LogP contribution in [0.15, 0.2) is 24.3 Å². The lowest BCUT2D eigenvalue weighted by molar-refractivity contribution is -0.139. The molecule has 0 heterocycles. The summed E-state index contributed by atoms with van der Waals surface area (Å²) in [7, 11) is 0. The van der Waals surface area contributed by atoms with E-state index in [-0.39, 0.29) is 6.61 Å². The molecule has 0 radical (unpaired) electrons. The first-order valence-electron chi connectivity index (χ1n) is 5.08. The molecule has 0 saturated carbocycles. The van der Waals surface area contributed by atoms with E-state index in [1.54, 1.807) is 0 Å². The van der Waals surface area contributed by atoms with Gasteiger partial charge in [-0.1, -0.05) is 32.0 Å². The van der Waals surface area contributed by atoms with E-state index in [0.717, 1.165) is 12.0 Å². The lowest BCUT2D eigenvalue weighted by Crippen LogP contribution is -2.11. The quantitative estimate of drug-likeness (QED) is 0.809. The van der Waals surface area contributed by atoms with Crippen molar-refractivity contribution in [2.75, 3.05) is 6.61 Å². The molecule has 0 amide bonds. The van der Waals surface area contributed by atoms with Gasteiger partial charge in [-0.15, -0.1) is 0 Å². The molecule has 3 heteroatoms. The molecule has 0 aromatic heterocycles. The van der Waals surface area contributed by atoms with Crippen LogP contribution in [0.4, 0.5) is 0 Å². The summed E-state index contributed by atoms with van der Waals surface area (Å²) in [6, 6.07) is 7.58. The molecule has 0 fully saturated rings. The van der Waals surface area contributed by atoms with Gasteiger partial charge in [0.2, 0.25) is 0 Å². The number of carboxylic acids is 1. The number of carbonyl (C=O) groups is 1. The average Bonchev–Trinajstić information content (AvgIpc) is 2.25. The lowest BCUT2D eigenvalue weighted by atomic mass is 9.98. The Morgan fingerprint density at radius 2 is 2.13 bits per heavy atom. The minimum Gasteiger partial charge on any atom is -0.482 e. The van der Waals surface area contributed by atoms with Crippen LogP contribution in [-0.4, -0.2) is 17.7 Å². The summed E-state index contributed by atoms with van der Waals surface area (Å²) in [5, 5.41) is 8.54. The first kappa shape index (κ1) is 11.6. The molecular weight excluding hydrogens is 192 g/mol. The number of ether oxygens (including phenoxy) is 1. The van der Waals surface area contributed by atoms with Crippen LogP contribution < -0.4 is 4.74 Å². The molecule has 82 valence electrons. The predicted molar refractivity (Wildman–Crippen MR) is 58.3 cm³/mol. The van der Waals surface area contributed by atoms with Crippen molar-refractivity contribution >= 4 is 5.97 Å². The zero-order valence-electron chi connectivity index (χ0n) is 9.06. The molecule has 1 N–H and O–H groups in total. The third-order valence-corrected chi connectivity index (χ3v) is 2.41. The highest BCUT2D eigenvalue weighted by atomic mass is 16.5. The van der Waals surface area contributed by atoms with Crippen molar-refractivity contribution < 1.29 is 14.6 Å². The summed E-state index contributed by atoms with van der Waals surface area (Å²) in [6.07, 6.45) is 1.01. The van der Waals surface area contributed by atoms with E-state index in [2.05, 4.69) is 13.8 Å². The SMILES string of the molecule is CCC(C)c1ccccc1OCC(=O)O. The summed E-state index contributed by atoms with van der Waals surface area (Å²) in [6.45, 7) is 3.91. The van der Waals surface area contributed by atoms with Crippen molar-refractivity contribution in [2.24, 2.45) is 0 Å². The molecule has 15 heavy (non-hydrogen) atoms. The van der Waals surface area contributed by atoms with Gasteiger partial charge in [0, 0.05) is 0 Å². The normalized spacial score (nSPS) is 12.1. The average molecular weight is 208 g/mol. The van der Waals surface area contributed by atoms with Crippen molar-refractivity contribution in [2.45, 2.75) is 26.2 Å². The van der Waals surface area contributed by atoms with Crippen molar-refractivity contribution in [3.05, 3.63) is 29.8 Å². The minimum atomic E-state index is -0.950. The smallest absolute Gasteiger partial charge is 0.341 e. The summed E-state index contributed by atoms with van der Waals surface area (Å²) in [4.78, 5) is 10.4. The van der Waals surface area contributed by atoms with Crippen LogP contribution in [0.3, 0.4) is 0 Å². The van der Waals surface area contributed by atoms with Gasteiger partial charge in [-0.2, -0.15) is 0 Å². The Bertz CT molecular complexity index is 333. The number of hydrogen-bond donors (Lipinski definition) is 1. The molecule has 0 aliphatic rings. The maximum absolute atomic E-state index is 10.4. The number of aliphatic carboxylic acids is 1. The number of carboxylic acid groups (broad SMARTS) is 1. The monoisotopic (exact) mass is 208 g/mol. The first-order valence-corrected chi connectivity index (χ1v) is 5.08. The molecule has 0 aliphatic heterocycles. The maximum atomic E-state index is 10.4. The van der Waals surface area contributed by atoms with Gasteiger partial charge in [0.1, 0.15) is 5.75 Å². The van der Waals surface area contributed by atoms with E-state index in [1.807, 2.05) is 24.3 Å². The molecular formula is C12H16O3. The van der Waals surface area contributed by atoms with Gasteiger partial charge in [0.15, 0.2) is 6.61 Å². The van der Waals surface area contributed by atoms with Gasteiger partial charge in [-0.3, -0.25) is 0 Å². The molecule has 0 saturated heterocycles. The Balaban J connectivity index is 2.81. The molecule has 1 atom stereocenters. The summed E-state index contributed by atoms with van der Waals surface area (Å²) < 4.78 is 5.22. The van der Waals surface area contributed by atoms with E-state index in [4.69, 9.17) is 9.84 Å². The van der Waals surface area contributed by atoms with Gasteiger partial charge < -0.3 is 9.84 Å². The number of para-hydroxylation sites is 1. The topological polar surface area (TPSA) is 46.5 Å². The highest BCUT2D eigenvalue weighted by Crippen LogP contribution is 2.28. The lowest BCUT2D eigenvalue weighted by Gasteiger charge is -2.14. The summed E-state index contributed by atoms with van der Waals surface area (Å²) >= 11 is 0. The summed E-state index contributed by atoms with van der Waals surface area (Å²) in [5.74, 6) is 0.109. The van der Waals surface area contributed by atoms with Gasteiger partial charge >= 0.3 is 5.97 Å². The third kappa shape index (κ3) is 3.27. The van der Waals surface area contributed by atoms with E-state index < -0.39 is 5.97 Å². The molecule has 0 bridgehead atoms. The van der Waals surface area contributed by atoms with Crippen LogP contribution in [-0.2, 0) is 4.79 Å². The Hall–Kier alpha value is -1.51. The highest BCUT2D eigenvalue weighted by molar-refractivity contribution is 5.68. The molecule has 0 spiro atoms. The van der Waals surface area contributed by atoms with E-state index >= 15 is 0 Å². The van der Waals surface area contributed by atoms with Crippen LogP contribution in [0, 0.1) is 0 Å². The fourth-order valence-electron chi connectivity index (χ4n) is 1.38. The molecule has 0 aliphatic carbocycles. The second-order valence-electron chi connectivity index (χ2n) is 3.53. The zero-order valence-corrected chi connectivity index (χ0v) is 9.06. The Labute approximate surface area is 89.7 Å². The van der Waals surface area contributed by atoms with Crippen molar-refractivity contribution in [1.82, 2.24) is 0 Å². The third-order valence-electron chi connectivity index (χ3n) is 2.41. The van der Waals surface area contributed by atoms with Crippen molar-refractivity contribution in [3.63, 3.8) is 0 Å². The Morgan fingerprint density at radius 3 is 2.73 bits per heavy atom. The fraction of sp³-hybridized carbons (Fsp3) is 0.417. The van der Waals surface area contributed by atoms with Gasteiger partial charge in [0.05, 0.1) is 0 Å². The van der Waals surface area contributed by atoms with Crippen molar-refractivity contribution in [3.8, 4) is 5.75 Å². The summed E-state index contributed by atoms with van der Waals surface area (Å²) in [5.41, 5.74) is 1.07. The number of hydrogen-bond acceptors (Lipinski definition) is 2. The highest BCUT2D eigenvalue weighted by Gasteiger charge is 2.10. The molecule has 1 aromatic carbocycles. The minimum absolute atomic E-state index is 0.284. The van der Waals surface area contributed by atoms with Crippen LogP contribution >= 0.6 is 0 Å². The van der Waals surface area contributed by atoms with Gasteiger partial charge in [-0.05, 0) is 24.0 Å². The van der Waals surface area contributed by atoms with E-state index in [1.165, 1.54) is 0 Å². The largest absolute Gasteiger partial charge is 0.482 e. The van der Waals surface area contributed by atoms with E-state index in [0.29, 0.717) is 11.7 Å². The predicted octanol–water partition coefficient (Wildman–Crippen LogP) is 2.66.